The van der Waals surface area contributed by atoms with E-state index in [-0.39, 0.29) is 10.0 Å². The minimum atomic E-state index is -0.0215. The van der Waals surface area contributed by atoms with Crippen LogP contribution in [0.4, 0.5) is 0 Å². The van der Waals surface area contributed by atoms with E-state index in [1.54, 1.807) is 0 Å². The van der Waals surface area contributed by atoms with Gasteiger partial charge in [0.15, 0.2) is 0 Å². The summed E-state index contributed by atoms with van der Waals surface area (Å²) in [4.78, 5) is 0. The quantitative estimate of drug-likeness (QED) is 0.538. The largest absolute Gasteiger partial charge is 0.235 e. The van der Waals surface area contributed by atoms with E-state index in [0.29, 0.717) is 5.92 Å². The Morgan fingerprint density at radius 3 is 2.45 bits per heavy atom. The predicted molar refractivity (Wildman–Crippen MR) is 56.7 cm³/mol. The summed E-state index contributed by atoms with van der Waals surface area (Å²) < 4.78 is -0.0215. The third-order valence-corrected chi connectivity index (χ3v) is 2.61. The van der Waals surface area contributed by atoms with Gasteiger partial charge in [-0.05, 0) is 19.3 Å². The van der Waals surface area contributed by atoms with Gasteiger partial charge in [0.2, 0.25) is 0 Å². The van der Waals surface area contributed by atoms with Gasteiger partial charge in [-0.25, -0.2) is 5.11 Å². The van der Waals surface area contributed by atoms with Crippen LogP contribution in [-0.2, 0) is 5.11 Å². The van der Waals surface area contributed by atoms with Crippen molar-refractivity contribution in [3.8, 4) is 0 Å². The van der Waals surface area contributed by atoms with Gasteiger partial charge in [-0.2, -0.15) is 0 Å². The topological polar surface area (TPSA) is 19.9 Å². The molecule has 2 atom stereocenters. The molecule has 0 aromatic heterocycles. The lowest BCUT2D eigenvalue weighted by Gasteiger charge is -2.22. The third kappa shape index (κ3) is 5.91. The molecule has 0 amide bonds. The Balaban J connectivity index is 3.64. The van der Waals surface area contributed by atoms with Gasteiger partial charge >= 0.3 is 0 Å². The van der Waals surface area contributed by atoms with Crippen molar-refractivity contribution in [2.45, 2.75) is 43.5 Å². The highest BCUT2D eigenvalue weighted by atomic mass is 127. The zero-order valence-electron chi connectivity index (χ0n) is 7.69. The molecule has 0 N–H and O–H groups in total. The van der Waals surface area contributed by atoms with Gasteiger partial charge in [-0.3, -0.25) is 0 Å². The first-order chi connectivity index (χ1) is 5.02. The van der Waals surface area contributed by atoms with Crippen LogP contribution in [0.5, 0.6) is 0 Å². The van der Waals surface area contributed by atoms with Gasteiger partial charge < -0.3 is 0 Å². The monoisotopic (exact) mass is 269 g/mol. The third-order valence-electron chi connectivity index (χ3n) is 1.86. The molecule has 1 radical (unpaired) electrons. The number of halogens is 1. The highest BCUT2D eigenvalue weighted by Gasteiger charge is 2.22. The van der Waals surface area contributed by atoms with Crippen LogP contribution in [0.3, 0.4) is 0 Å². The molecule has 0 aromatic rings. The van der Waals surface area contributed by atoms with E-state index >= 15 is 0 Å². The highest BCUT2D eigenvalue weighted by molar-refractivity contribution is 14.1. The van der Waals surface area contributed by atoms with Crippen LogP contribution in [0.15, 0.2) is 0 Å². The molecule has 0 saturated heterocycles. The molecule has 0 fully saturated rings. The minimum Gasteiger partial charge on any atom is -0.235 e. The van der Waals surface area contributed by atoms with Crippen molar-refractivity contribution < 1.29 is 5.11 Å². The fraction of sp³-hybridized carbons (Fsp3) is 1.00. The molecule has 0 rings (SSSR count). The van der Waals surface area contributed by atoms with Gasteiger partial charge in [0.25, 0.3) is 0 Å². The predicted octanol–water partition coefficient (Wildman–Crippen LogP) is 3.44. The Labute approximate surface area is 83.7 Å². The summed E-state index contributed by atoms with van der Waals surface area (Å²) >= 11 is 2.28. The summed E-state index contributed by atoms with van der Waals surface area (Å²) in [5.74, 6) is 0.704. The van der Waals surface area contributed by atoms with Crippen LogP contribution in [0.1, 0.15) is 40.0 Å². The molecule has 0 bridgehead atoms. The summed E-state index contributed by atoms with van der Waals surface area (Å²) in [5.41, 5.74) is 0. The zero-order valence-corrected chi connectivity index (χ0v) is 9.85. The minimum absolute atomic E-state index is 0.0215. The molecule has 0 aliphatic rings. The average Bonchev–Trinajstić information content (AvgIpc) is 1.87. The van der Waals surface area contributed by atoms with Crippen LogP contribution in [0.2, 0.25) is 0 Å². The second-order valence-corrected chi connectivity index (χ2v) is 6.26. The standard InChI is InChI=1S/C9H18IO/c1-4-5-8(2)6-9(3,10)7-11/h8H,4-7H2,1-3H3. The summed E-state index contributed by atoms with van der Waals surface area (Å²) in [6, 6.07) is 0. The SMILES string of the molecule is CCCC(C)CC(C)(I)C[O]. The maximum absolute atomic E-state index is 10.7. The molecule has 2 heteroatoms. The first-order valence-corrected chi connectivity index (χ1v) is 5.36. The zero-order chi connectivity index (χ0) is 8.91. The van der Waals surface area contributed by atoms with Crippen molar-refractivity contribution in [1.82, 2.24) is 0 Å². The van der Waals surface area contributed by atoms with Crippen LogP contribution in [-0.4, -0.2) is 10.0 Å². The maximum Gasteiger partial charge on any atom is 0.0965 e. The van der Waals surface area contributed by atoms with Crippen LogP contribution < -0.4 is 0 Å². The Hall–Kier alpha value is 0.690. The average molecular weight is 269 g/mol. The number of hydrogen-bond donors (Lipinski definition) is 0. The molecule has 2 unspecified atom stereocenters. The van der Waals surface area contributed by atoms with E-state index < -0.39 is 0 Å². The lowest BCUT2D eigenvalue weighted by molar-refractivity contribution is 0.160. The van der Waals surface area contributed by atoms with E-state index in [4.69, 9.17) is 0 Å². The highest BCUT2D eigenvalue weighted by Crippen LogP contribution is 2.28. The molecule has 0 heterocycles. The molecule has 0 aliphatic carbocycles. The lowest BCUT2D eigenvalue weighted by atomic mass is 9.94. The molecular weight excluding hydrogens is 251 g/mol. The number of rotatable bonds is 5. The van der Waals surface area contributed by atoms with Crippen molar-refractivity contribution in [3.05, 3.63) is 0 Å². The second kappa shape index (κ2) is 5.36. The van der Waals surface area contributed by atoms with Crippen molar-refractivity contribution in [1.29, 1.82) is 0 Å². The van der Waals surface area contributed by atoms with Gasteiger partial charge in [0.1, 0.15) is 0 Å². The summed E-state index contributed by atoms with van der Waals surface area (Å²) in [6.07, 6.45) is 3.54. The summed E-state index contributed by atoms with van der Waals surface area (Å²) in [6.45, 7) is 6.52. The maximum atomic E-state index is 10.7. The van der Waals surface area contributed by atoms with E-state index in [1.165, 1.54) is 12.8 Å². The molecule has 0 aromatic carbocycles. The van der Waals surface area contributed by atoms with E-state index in [2.05, 4.69) is 36.4 Å². The van der Waals surface area contributed by atoms with Crippen molar-refractivity contribution in [2.24, 2.45) is 5.92 Å². The van der Waals surface area contributed by atoms with Gasteiger partial charge in [0, 0.05) is 3.42 Å². The van der Waals surface area contributed by atoms with Gasteiger partial charge in [-0.15, -0.1) is 0 Å². The fourth-order valence-electron chi connectivity index (χ4n) is 1.38. The van der Waals surface area contributed by atoms with E-state index in [1.807, 2.05) is 6.92 Å². The molecule has 0 aliphatic heterocycles. The molecule has 0 saturated carbocycles. The lowest BCUT2D eigenvalue weighted by Crippen LogP contribution is -2.23. The molecule has 1 nitrogen and oxygen atoms in total. The Morgan fingerprint density at radius 1 is 1.55 bits per heavy atom. The van der Waals surface area contributed by atoms with Gasteiger partial charge in [-0.1, -0.05) is 49.3 Å². The Morgan fingerprint density at radius 2 is 2.09 bits per heavy atom. The molecule has 11 heavy (non-hydrogen) atoms. The first-order valence-electron chi connectivity index (χ1n) is 4.29. The molecular formula is C9H18IO. The van der Waals surface area contributed by atoms with Crippen LogP contribution >= 0.6 is 22.6 Å². The second-order valence-electron chi connectivity index (χ2n) is 3.66. The van der Waals surface area contributed by atoms with E-state index in [0.717, 1.165) is 6.42 Å². The van der Waals surface area contributed by atoms with Gasteiger partial charge in [0.05, 0.1) is 6.61 Å². The summed E-state index contributed by atoms with van der Waals surface area (Å²) in [7, 11) is 0. The van der Waals surface area contributed by atoms with E-state index in [9.17, 15) is 5.11 Å². The Kier molecular flexibility index (Phi) is 5.69. The molecule has 0 spiro atoms. The van der Waals surface area contributed by atoms with Crippen molar-refractivity contribution in [2.75, 3.05) is 6.61 Å². The normalized spacial score (nSPS) is 19.4. The van der Waals surface area contributed by atoms with Crippen LogP contribution in [0, 0.1) is 5.92 Å². The van der Waals surface area contributed by atoms with Crippen molar-refractivity contribution in [3.63, 3.8) is 0 Å². The Bertz CT molecular complexity index is 102. The smallest absolute Gasteiger partial charge is 0.0965 e. The molecule has 67 valence electrons. The fourth-order valence-corrected chi connectivity index (χ4v) is 2.13. The van der Waals surface area contributed by atoms with Crippen molar-refractivity contribution >= 4 is 22.6 Å². The first kappa shape index (κ1) is 11.7. The summed E-state index contributed by atoms with van der Waals surface area (Å²) in [5, 5.41) is 10.7. The van der Waals surface area contributed by atoms with Crippen LogP contribution in [0.25, 0.3) is 0 Å². The number of alkyl halides is 1. The number of hydrogen-bond acceptors (Lipinski definition) is 0.